The molecular formula is C40H40N4O8S2. The summed E-state index contributed by atoms with van der Waals surface area (Å²) >= 11 is 2.09. The summed E-state index contributed by atoms with van der Waals surface area (Å²) in [7, 11) is 0. The van der Waals surface area contributed by atoms with Crippen molar-refractivity contribution in [2.75, 3.05) is 11.5 Å². The monoisotopic (exact) mass is 768 g/mol. The lowest BCUT2D eigenvalue weighted by atomic mass is 9.39. The van der Waals surface area contributed by atoms with E-state index in [0.717, 1.165) is 34.7 Å². The molecule has 280 valence electrons. The van der Waals surface area contributed by atoms with Gasteiger partial charge in [0.1, 0.15) is 34.9 Å². The molecule has 14 heteroatoms. The number of esters is 2. The van der Waals surface area contributed by atoms with Crippen molar-refractivity contribution in [2.24, 2.45) is 34.0 Å². The number of hydrogen-bond donors (Lipinski definition) is 0. The molecule has 0 aliphatic heterocycles. The maximum absolute atomic E-state index is 14.8. The first-order valence-corrected chi connectivity index (χ1v) is 20.1. The van der Waals surface area contributed by atoms with Gasteiger partial charge in [0, 0.05) is 28.9 Å². The molecule has 2 bridgehead atoms. The Morgan fingerprint density at radius 2 is 1.35 bits per heavy atom. The first-order chi connectivity index (χ1) is 25.9. The predicted octanol–water partition coefficient (Wildman–Crippen LogP) is 7.06. The van der Waals surface area contributed by atoms with Crippen LogP contribution in [-0.2, 0) is 28.7 Å². The second-order valence-electron chi connectivity index (χ2n) is 15.4. The second-order valence-corrected chi connectivity index (χ2v) is 17.3. The van der Waals surface area contributed by atoms with Crippen LogP contribution in [0, 0.1) is 34.0 Å². The molecule has 8 rings (SSSR count). The van der Waals surface area contributed by atoms with E-state index in [-0.39, 0.29) is 51.8 Å². The lowest BCUT2D eigenvalue weighted by Crippen LogP contribution is -2.69. The lowest BCUT2D eigenvalue weighted by Gasteiger charge is -2.65. The Balaban J connectivity index is 1.06. The van der Waals surface area contributed by atoms with Gasteiger partial charge < -0.3 is 18.3 Å². The van der Waals surface area contributed by atoms with Crippen LogP contribution in [0.3, 0.4) is 0 Å². The number of fused-ring (bicyclic) bond motifs is 3. The van der Waals surface area contributed by atoms with Gasteiger partial charge >= 0.3 is 11.9 Å². The zero-order valence-corrected chi connectivity index (χ0v) is 31.8. The molecule has 0 radical (unpaired) electrons. The number of nitrogens with zero attached hydrogens (tertiary/aromatic N) is 4. The van der Waals surface area contributed by atoms with Crippen molar-refractivity contribution in [1.82, 2.24) is 20.4 Å². The van der Waals surface area contributed by atoms with Crippen LogP contribution in [0.2, 0.25) is 0 Å². The third-order valence-corrected chi connectivity index (χ3v) is 14.0. The van der Waals surface area contributed by atoms with Gasteiger partial charge in [-0.3, -0.25) is 19.2 Å². The van der Waals surface area contributed by atoms with E-state index < -0.39 is 46.3 Å². The summed E-state index contributed by atoms with van der Waals surface area (Å²) in [5, 5.41) is 16.8. The Morgan fingerprint density at radius 3 is 1.93 bits per heavy atom. The Bertz CT molecular complexity index is 2120. The normalized spacial score (nSPS) is 29.7. The van der Waals surface area contributed by atoms with Gasteiger partial charge in [0.25, 0.3) is 10.4 Å². The molecule has 12 nitrogen and oxygen atoms in total. The average molecular weight is 769 g/mol. The maximum atomic E-state index is 14.8. The molecule has 1 spiro atoms. The van der Waals surface area contributed by atoms with E-state index in [0.29, 0.717) is 43.0 Å². The maximum Gasteiger partial charge on any atom is 0.316 e. The Labute approximate surface area is 320 Å². The molecule has 2 aromatic heterocycles. The van der Waals surface area contributed by atoms with Crippen LogP contribution >= 0.6 is 23.5 Å². The summed E-state index contributed by atoms with van der Waals surface area (Å²) in [5.41, 5.74) is -0.653. The number of ketones is 2. The minimum Gasteiger partial charge on any atom is -0.460 e. The van der Waals surface area contributed by atoms with Gasteiger partial charge in [-0.25, -0.2) is 0 Å². The smallest absolute Gasteiger partial charge is 0.316 e. The molecule has 4 fully saturated rings. The topological polar surface area (TPSA) is 165 Å². The number of hydrogen-bond acceptors (Lipinski definition) is 14. The van der Waals surface area contributed by atoms with Crippen LogP contribution in [0.5, 0.6) is 0 Å². The number of benzene rings is 2. The van der Waals surface area contributed by atoms with Crippen molar-refractivity contribution >= 4 is 47.0 Å². The molecule has 4 aliphatic carbocycles. The first-order valence-electron chi connectivity index (χ1n) is 18.1. The van der Waals surface area contributed by atoms with Gasteiger partial charge in [-0.15, -0.1) is 20.4 Å². The molecule has 0 saturated heterocycles. The third kappa shape index (κ3) is 6.01. The van der Waals surface area contributed by atoms with Gasteiger partial charge in [-0.1, -0.05) is 87.3 Å². The van der Waals surface area contributed by atoms with E-state index in [9.17, 15) is 19.2 Å². The van der Waals surface area contributed by atoms with E-state index >= 15 is 0 Å². The molecule has 0 unspecified atom stereocenters. The van der Waals surface area contributed by atoms with E-state index in [1.165, 1.54) is 0 Å². The number of rotatable bonds is 10. The van der Waals surface area contributed by atoms with Crippen LogP contribution in [-0.4, -0.2) is 67.6 Å². The molecule has 2 heterocycles. The molecule has 4 saturated carbocycles. The largest absolute Gasteiger partial charge is 0.460 e. The highest BCUT2D eigenvalue weighted by atomic mass is 32.2. The van der Waals surface area contributed by atoms with E-state index in [1.807, 2.05) is 74.5 Å². The molecule has 2 aromatic carbocycles. The van der Waals surface area contributed by atoms with E-state index in [1.54, 1.807) is 0 Å². The number of ether oxygens (including phenoxy) is 2. The van der Waals surface area contributed by atoms with Crippen molar-refractivity contribution in [3.8, 4) is 22.9 Å². The first kappa shape index (κ1) is 36.4. The van der Waals surface area contributed by atoms with E-state index in [2.05, 4.69) is 33.9 Å². The molecule has 7 atom stereocenters. The van der Waals surface area contributed by atoms with Crippen molar-refractivity contribution in [3.63, 3.8) is 0 Å². The number of carbonyl (C=O) groups excluding carboxylic acids is 4. The highest BCUT2D eigenvalue weighted by molar-refractivity contribution is 7.99. The molecule has 0 N–H and O–H groups in total. The predicted molar refractivity (Wildman–Crippen MR) is 198 cm³/mol. The number of thioether (sulfide) groups is 2. The highest BCUT2D eigenvalue weighted by Gasteiger charge is 2.76. The quantitative estimate of drug-likeness (QED) is 0.0914. The van der Waals surface area contributed by atoms with Crippen molar-refractivity contribution < 1.29 is 37.5 Å². The summed E-state index contributed by atoms with van der Waals surface area (Å²) in [6.45, 7) is 10.3. The fourth-order valence-electron chi connectivity index (χ4n) is 9.94. The Morgan fingerprint density at radius 1 is 0.796 bits per heavy atom. The van der Waals surface area contributed by atoms with Crippen LogP contribution in [0.1, 0.15) is 52.9 Å². The summed E-state index contributed by atoms with van der Waals surface area (Å²) in [4.78, 5) is 55.7. The van der Waals surface area contributed by atoms with Crippen LogP contribution in [0.25, 0.3) is 22.9 Å². The van der Waals surface area contributed by atoms with Crippen LogP contribution in [0.15, 0.2) is 92.1 Å². The summed E-state index contributed by atoms with van der Waals surface area (Å²) in [6.07, 6.45) is 0.599. The standard InChI is InChI=1S/C40H40N4O8S2/c1-22-25-15-16-26-39(4)18-17-28(45)38(2,3)27(39)19-29(49-30(46)20-53-36-43-41-34(51-36)23-11-7-5-8-12-23)40(26,32(22)48)33(25)50-31(47)21-54-37-44-42-35(52-37)24-13-9-6-10-14-24/h5-14,25-27,29,33H,1,15-21H2,2-4H3/t25-,26-,27+,29+,33+,39-,40-/m0/s1. The fraction of sp³-hybridized carbons (Fsp3) is 0.450. The van der Waals surface area contributed by atoms with Gasteiger partial charge in [0.2, 0.25) is 11.8 Å². The summed E-state index contributed by atoms with van der Waals surface area (Å²) < 4.78 is 24.3. The van der Waals surface area contributed by atoms with E-state index in [4.69, 9.17) is 18.3 Å². The molecule has 54 heavy (non-hydrogen) atoms. The zero-order valence-electron chi connectivity index (χ0n) is 30.2. The fourth-order valence-corrected chi connectivity index (χ4v) is 11.0. The Kier molecular flexibility index (Phi) is 9.40. The zero-order chi connectivity index (χ0) is 37.8. The number of aromatic nitrogens is 4. The average Bonchev–Trinajstić information content (AvgIpc) is 3.88. The SMILES string of the molecule is C=C1C(=O)[C@]23[C@H](OC(=O)CSc4nnc(-c5ccccc5)o4)[C@H]1CC[C@H]2[C@]1(C)CCC(=O)C(C)(C)[C@H]1C[C@H]3OC(=O)CSc1nnc(-c2ccccc2)o1. The van der Waals surface area contributed by atoms with Gasteiger partial charge in [-0.2, -0.15) is 0 Å². The summed E-state index contributed by atoms with van der Waals surface area (Å²) in [6, 6.07) is 18.6. The minimum absolute atomic E-state index is 0.140. The second kappa shape index (κ2) is 13.9. The molecule has 0 amide bonds. The van der Waals surface area contributed by atoms with Gasteiger partial charge in [-0.05, 0) is 72.8 Å². The molecule has 4 aliphatic rings. The third-order valence-electron chi connectivity index (χ3n) is 12.4. The number of Topliss-reactive ketones (excluding diaryl/α,β-unsaturated/α-hetero) is 2. The van der Waals surface area contributed by atoms with Gasteiger partial charge in [0.05, 0.1) is 0 Å². The molecule has 4 aromatic rings. The Hall–Kier alpha value is -4.56. The summed E-state index contributed by atoms with van der Waals surface area (Å²) in [5.74, 6) is -1.81. The lowest BCUT2D eigenvalue weighted by molar-refractivity contribution is -0.235. The molecular weight excluding hydrogens is 729 g/mol. The van der Waals surface area contributed by atoms with Crippen molar-refractivity contribution in [1.29, 1.82) is 0 Å². The van der Waals surface area contributed by atoms with Crippen molar-refractivity contribution in [2.45, 2.75) is 75.5 Å². The van der Waals surface area contributed by atoms with Crippen molar-refractivity contribution in [3.05, 3.63) is 72.8 Å². The number of carbonyl (C=O) groups is 4. The highest BCUT2D eigenvalue weighted by Crippen LogP contribution is 2.71. The van der Waals surface area contributed by atoms with Gasteiger partial charge in [0.15, 0.2) is 5.78 Å². The minimum atomic E-state index is -1.36. The van der Waals surface area contributed by atoms with Crippen LogP contribution in [0.4, 0.5) is 0 Å². The van der Waals surface area contributed by atoms with Crippen LogP contribution < -0.4 is 0 Å².